The summed E-state index contributed by atoms with van der Waals surface area (Å²) in [6.07, 6.45) is 14.0. The number of ether oxygens (including phenoxy) is 2. The zero-order valence-corrected chi connectivity index (χ0v) is 30.4. The van der Waals surface area contributed by atoms with E-state index in [4.69, 9.17) is 19.4 Å². The Morgan fingerprint density at radius 1 is 0.846 bits per heavy atom. The van der Waals surface area contributed by atoms with Gasteiger partial charge < -0.3 is 14.6 Å². The Labute approximate surface area is 306 Å². The van der Waals surface area contributed by atoms with Crippen LogP contribution in [0.15, 0.2) is 115 Å². The monoisotopic (exact) mass is 686 g/mol. The molecule has 2 aliphatic carbocycles. The molecular weight excluding hydrogens is 641 g/mol. The summed E-state index contributed by atoms with van der Waals surface area (Å²) in [5.41, 5.74) is 8.21. The van der Waals surface area contributed by atoms with Gasteiger partial charge in [-0.2, -0.15) is 0 Å². The van der Waals surface area contributed by atoms with Crippen molar-refractivity contribution in [3.63, 3.8) is 0 Å². The largest absolute Gasteiger partial charge is 0.507 e. The van der Waals surface area contributed by atoms with Crippen LogP contribution in [-0.4, -0.2) is 28.8 Å². The van der Waals surface area contributed by atoms with Crippen LogP contribution in [0.1, 0.15) is 68.6 Å². The summed E-state index contributed by atoms with van der Waals surface area (Å²) in [6, 6.07) is 31.3. The maximum Gasteiger partial charge on any atom is 0.161 e. The smallest absolute Gasteiger partial charge is 0.161 e. The second kappa shape index (κ2) is 14.7. The molecule has 1 N–H and O–H groups in total. The number of aromatic nitrogens is 2. The Bertz CT molecular complexity index is 2320. The Morgan fingerprint density at radius 3 is 2.48 bits per heavy atom. The van der Waals surface area contributed by atoms with E-state index in [1.807, 2.05) is 36.4 Å². The van der Waals surface area contributed by atoms with Gasteiger partial charge in [-0.15, -0.1) is 0 Å². The van der Waals surface area contributed by atoms with Crippen LogP contribution in [0.5, 0.6) is 11.5 Å². The predicted octanol–water partition coefficient (Wildman–Crippen LogP) is 11.8. The summed E-state index contributed by atoms with van der Waals surface area (Å²) >= 11 is 0. The van der Waals surface area contributed by atoms with E-state index in [0.717, 1.165) is 60.1 Å². The van der Waals surface area contributed by atoms with Gasteiger partial charge >= 0.3 is 0 Å². The summed E-state index contributed by atoms with van der Waals surface area (Å²) in [4.78, 5) is 10.4. The SMILES string of the molecule is CCCCC(CC)COc1ccc(-c2cc(-c3ccccc3)nc(-c3ccc4c5c3ccc3ccc(C6CC=CC=C6OC)c(c35)CC4)n2)c(O)c1. The van der Waals surface area contributed by atoms with Gasteiger partial charge in [0.25, 0.3) is 0 Å². The Hall–Kier alpha value is -5.42. The number of aryl methyl sites for hydroxylation is 2. The molecule has 5 nitrogen and oxygen atoms in total. The summed E-state index contributed by atoms with van der Waals surface area (Å²) in [6.45, 7) is 5.08. The fourth-order valence-corrected chi connectivity index (χ4v) is 8.17. The lowest BCUT2D eigenvalue weighted by Gasteiger charge is -2.27. The lowest BCUT2D eigenvalue weighted by Crippen LogP contribution is -2.12. The molecule has 0 aliphatic heterocycles. The highest BCUT2D eigenvalue weighted by Crippen LogP contribution is 2.45. The number of methoxy groups -OCH3 is 1. The van der Waals surface area contributed by atoms with E-state index in [2.05, 4.69) is 80.6 Å². The highest BCUT2D eigenvalue weighted by atomic mass is 16.5. The van der Waals surface area contributed by atoms with Crippen molar-refractivity contribution in [3.05, 3.63) is 132 Å². The normalized spacial score (nSPS) is 15.6. The lowest BCUT2D eigenvalue weighted by molar-refractivity contribution is 0.232. The van der Waals surface area contributed by atoms with Gasteiger partial charge in [-0.25, -0.2) is 9.97 Å². The van der Waals surface area contributed by atoms with E-state index in [9.17, 15) is 5.11 Å². The van der Waals surface area contributed by atoms with Gasteiger partial charge in [-0.1, -0.05) is 112 Å². The molecule has 5 aromatic carbocycles. The number of hydrogen-bond donors (Lipinski definition) is 1. The molecule has 6 aromatic rings. The molecule has 5 heteroatoms. The maximum atomic E-state index is 11.4. The Balaban J connectivity index is 1.24. The topological polar surface area (TPSA) is 64.5 Å². The van der Waals surface area contributed by atoms with Crippen molar-refractivity contribution in [2.24, 2.45) is 5.92 Å². The Kier molecular flexibility index (Phi) is 9.51. The highest BCUT2D eigenvalue weighted by Gasteiger charge is 2.27. The molecule has 0 radical (unpaired) electrons. The van der Waals surface area contributed by atoms with E-state index in [1.165, 1.54) is 45.7 Å². The molecule has 2 atom stereocenters. The van der Waals surface area contributed by atoms with Gasteiger partial charge in [-0.3, -0.25) is 0 Å². The molecule has 52 heavy (non-hydrogen) atoms. The number of hydrogen-bond acceptors (Lipinski definition) is 5. The van der Waals surface area contributed by atoms with Crippen LogP contribution in [0.4, 0.5) is 0 Å². The number of aromatic hydroxyl groups is 1. The second-order valence-electron chi connectivity index (χ2n) is 14.2. The zero-order chi connectivity index (χ0) is 35.6. The summed E-state index contributed by atoms with van der Waals surface area (Å²) in [5.74, 6) is 3.18. The molecule has 1 heterocycles. The number of rotatable bonds is 12. The van der Waals surface area contributed by atoms with E-state index in [0.29, 0.717) is 35.4 Å². The van der Waals surface area contributed by atoms with Gasteiger partial charge in [0.05, 0.1) is 25.1 Å². The first-order chi connectivity index (χ1) is 25.6. The van der Waals surface area contributed by atoms with Crippen molar-refractivity contribution < 1.29 is 14.6 Å². The predicted molar refractivity (Wildman–Crippen MR) is 213 cm³/mol. The molecule has 0 saturated carbocycles. The third-order valence-electron chi connectivity index (χ3n) is 11.1. The van der Waals surface area contributed by atoms with Gasteiger partial charge in [-0.05, 0) is 94.1 Å². The third kappa shape index (κ3) is 6.34. The number of phenolic OH excluding ortho intramolecular Hbond substituents is 1. The third-order valence-corrected chi connectivity index (χ3v) is 11.1. The number of benzene rings is 5. The van der Waals surface area contributed by atoms with Crippen molar-refractivity contribution in [2.75, 3.05) is 13.7 Å². The minimum absolute atomic E-state index is 0.141. The minimum atomic E-state index is 0.141. The number of allylic oxidation sites excluding steroid dienone is 4. The second-order valence-corrected chi connectivity index (χ2v) is 14.2. The fourth-order valence-electron chi connectivity index (χ4n) is 8.17. The van der Waals surface area contributed by atoms with Crippen molar-refractivity contribution in [1.29, 1.82) is 0 Å². The van der Waals surface area contributed by atoms with Crippen LogP contribution in [0, 0.1) is 5.92 Å². The van der Waals surface area contributed by atoms with Crippen LogP contribution < -0.4 is 4.74 Å². The summed E-state index contributed by atoms with van der Waals surface area (Å²) in [7, 11) is 1.78. The number of phenols is 1. The van der Waals surface area contributed by atoms with Crippen molar-refractivity contribution >= 4 is 21.5 Å². The molecule has 2 unspecified atom stereocenters. The molecule has 1 aromatic heterocycles. The average molecular weight is 687 g/mol. The first-order valence-corrected chi connectivity index (χ1v) is 18.9. The molecule has 2 aliphatic rings. The van der Waals surface area contributed by atoms with Crippen LogP contribution in [-0.2, 0) is 17.6 Å². The van der Waals surface area contributed by atoms with Crippen LogP contribution >= 0.6 is 0 Å². The molecule has 0 amide bonds. The quantitative estimate of drug-likeness (QED) is 0.130. The molecule has 8 rings (SSSR count). The molecule has 0 saturated heterocycles. The van der Waals surface area contributed by atoms with Crippen molar-refractivity contribution in [3.8, 4) is 45.4 Å². The van der Waals surface area contributed by atoms with Crippen LogP contribution in [0.2, 0.25) is 0 Å². The van der Waals surface area contributed by atoms with Crippen LogP contribution in [0.3, 0.4) is 0 Å². The van der Waals surface area contributed by atoms with Gasteiger partial charge in [0, 0.05) is 28.7 Å². The van der Waals surface area contributed by atoms with Gasteiger partial charge in [0.2, 0.25) is 0 Å². The molecule has 0 fully saturated rings. The zero-order valence-electron chi connectivity index (χ0n) is 30.4. The lowest BCUT2D eigenvalue weighted by atomic mass is 9.78. The van der Waals surface area contributed by atoms with Crippen molar-refractivity contribution in [1.82, 2.24) is 9.97 Å². The molecular formula is C47H46N2O3. The first kappa shape index (κ1) is 33.7. The fraction of sp³-hybridized carbons (Fsp3) is 0.277. The van der Waals surface area contributed by atoms with E-state index in [1.54, 1.807) is 13.2 Å². The Morgan fingerprint density at radius 2 is 1.67 bits per heavy atom. The summed E-state index contributed by atoms with van der Waals surface area (Å²) in [5, 5.41) is 16.4. The molecule has 262 valence electrons. The van der Waals surface area contributed by atoms with Gasteiger partial charge in [0.15, 0.2) is 5.82 Å². The first-order valence-electron chi connectivity index (χ1n) is 18.9. The number of unbranched alkanes of at least 4 members (excludes halogenated alkanes) is 1. The van der Waals surface area contributed by atoms with Crippen molar-refractivity contribution in [2.45, 2.75) is 64.7 Å². The van der Waals surface area contributed by atoms with Crippen LogP contribution in [0.25, 0.3) is 55.4 Å². The maximum absolute atomic E-state index is 11.4. The minimum Gasteiger partial charge on any atom is -0.507 e. The van der Waals surface area contributed by atoms with Gasteiger partial charge in [0.1, 0.15) is 17.3 Å². The summed E-state index contributed by atoms with van der Waals surface area (Å²) < 4.78 is 12.0. The molecule has 0 spiro atoms. The average Bonchev–Trinajstić information content (AvgIpc) is 3.20. The van der Waals surface area contributed by atoms with E-state index >= 15 is 0 Å². The van der Waals surface area contributed by atoms with E-state index < -0.39 is 0 Å². The highest BCUT2D eigenvalue weighted by molar-refractivity contribution is 6.15. The molecule has 0 bridgehead atoms. The number of nitrogens with zero attached hydrogens (tertiary/aromatic N) is 2. The van der Waals surface area contributed by atoms with E-state index in [-0.39, 0.29) is 11.7 Å². The standard InChI is InChI=1S/C47H46N2O3/c1-4-6-12-30(5-2)29-52-34-21-26-40(43(50)27-34)42-28-41(31-13-8-7-9-14-31)48-47(49-42)39-25-20-33-18-23-37-35(36-15-10-11-16-44(36)51-3)22-17-32-19-24-38(39)46(33)45(32)37/h7-11,13-14,16-17,19-22,24-28,30,36,50H,4-6,12,15,18,23,29H2,1-3H3.